The summed E-state index contributed by atoms with van der Waals surface area (Å²) in [6.45, 7) is 10.7. The lowest BCUT2D eigenvalue weighted by atomic mass is 10.1. The van der Waals surface area contributed by atoms with Crippen LogP contribution in [0.1, 0.15) is 40.2 Å². The summed E-state index contributed by atoms with van der Waals surface area (Å²) in [5, 5.41) is 5.12. The van der Waals surface area contributed by atoms with E-state index in [1.54, 1.807) is 0 Å². The Hall–Kier alpha value is -2.08. The molecule has 0 heterocycles. The minimum Gasteiger partial charge on any atom is -0.494 e. The molecule has 0 aliphatic carbocycles. The Kier molecular flexibility index (Phi) is 7.22. The lowest BCUT2D eigenvalue weighted by molar-refractivity contribution is -0.908. The summed E-state index contributed by atoms with van der Waals surface area (Å²) >= 11 is 0. The van der Waals surface area contributed by atoms with Crippen molar-refractivity contribution in [1.29, 1.82) is 0 Å². The van der Waals surface area contributed by atoms with Gasteiger partial charge in [0.1, 0.15) is 12.3 Å². The number of amides is 3. The van der Waals surface area contributed by atoms with Gasteiger partial charge in [0.05, 0.1) is 13.7 Å². The van der Waals surface area contributed by atoms with Crippen molar-refractivity contribution >= 4 is 11.9 Å². The highest BCUT2D eigenvalue weighted by Gasteiger charge is 2.25. The second kappa shape index (κ2) is 8.68. The average Bonchev–Trinajstić information content (AvgIpc) is 2.46. The van der Waals surface area contributed by atoms with E-state index in [1.807, 2.05) is 65.9 Å². The molecule has 1 aromatic rings. The highest BCUT2D eigenvalue weighted by molar-refractivity contribution is 5.96. The fraction of sp³-hybridized carbons (Fsp3) is 0.556. The van der Waals surface area contributed by atoms with Crippen LogP contribution in [0.15, 0.2) is 24.3 Å². The van der Waals surface area contributed by atoms with E-state index < -0.39 is 6.03 Å². The summed E-state index contributed by atoms with van der Waals surface area (Å²) in [7, 11) is 1.93. The van der Waals surface area contributed by atoms with E-state index in [9.17, 15) is 9.59 Å². The maximum Gasteiger partial charge on any atom is 0.322 e. The van der Waals surface area contributed by atoms with Gasteiger partial charge in [-0.3, -0.25) is 10.1 Å². The van der Waals surface area contributed by atoms with Crippen molar-refractivity contribution in [1.82, 2.24) is 10.6 Å². The number of hydrogen-bond acceptors (Lipinski definition) is 3. The molecule has 0 radical (unpaired) electrons. The molecule has 3 amide bonds. The van der Waals surface area contributed by atoms with Crippen molar-refractivity contribution < 1.29 is 19.2 Å². The molecule has 0 aliphatic rings. The number of benzene rings is 1. The van der Waals surface area contributed by atoms with Crippen LogP contribution in [0.25, 0.3) is 0 Å². The molecule has 0 aliphatic heterocycles. The second-order valence-corrected chi connectivity index (χ2v) is 7.02. The van der Waals surface area contributed by atoms with Crippen LogP contribution < -0.4 is 20.3 Å². The van der Waals surface area contributed by atoms with Crippen molar-refractivity contribution in [3.05, 3.63) is 29.8 Å². The zero-order chi connectivity index (χ0) is 18.3. The monoisotopic (exact) mass is 336 g/mol. The standard InChI is InChI=1S/C18H29N3O3/c1-7-24-15-10-8-14(9-11-15)12-21(6)13(2)16(22)19-17(23)20-18(3,4)5/h8-11,13H,7,12H2,1-6H3,(H2,19,20,22,23)/p+1/t13-/m1/s1. The minimum absolute atomic E-state index is 0.291. The molecule has 0 spiro atoms. The molecule has 3 N–H and O–H groups in total. The number of likely N-dealkylation sites (N-methyl/N-ethyl adjacent to an activating group) is 1. The smallest absolute Gasteiger partial charge is 0.322 e. The molecule has 0 bridgehead atoms. The molecular weight excluding hydrogens is 306 g/mol. The van der Waals surface area contributed by atoms with E-state index in [2.05, 4.69) is 10.6 Å². The Balaban J connectivity index is 2.55. The summed E-state index contributed by atoms with van der Waals surface area (Å²) in [5.41, 5.74) is 0.726. The Morgan fingerprint density at radius 3 is 2.29 bits per heavy atom. The summed E-state index contributed by atoms with van der Waals surface area (Å²) in [6.07, 6.45) is 0. The van der Waals surface area contributed by atoms with Gasteiger partial charge in [-0.2, -0.15) is 0 Å². The molecule has 0 fully saturated rings. The van der Waals surface area contributed by atoms with Crippen LogP contribution in [0.5, 0.6) is 5.75 Å². The fourth-order valence-corrected chi connectivity index (χ4v) is 2.16. The maximum absolute atomic E-state index is 12.2. The topological polar surface area (TPSA) is 71.9 Å². The Bertz CT molecular complexity index is 550. The molecule has 1 unspecified atom stereocenters. The number of urea groups is 1. The highest BCUT2D eigenvalue weighted by atomic mass is 16.5. The highest BCUT2D eigenvalue weighted by Crippen LogP contribution is 2.11. The van der Waals surface area contributed by atoms with Gasteiger partial charge in [-0.15, -0.1) is 0 Å². The van der Waals surface area contributed by atoms with Crippen LogP contribution in [0.3, 0.4) is 0 Å². The number of ether oxygens (including phenoxy) is 1. The van der Waals surface area contributed by atoms with Crippen LogP contribution in [0, 0.1) is 0 Å². The summed E-state index contributed by atoms with van der Waals surface area (Å²) in [4.78, 5) is 25.0. The zero-order valence-electron chi connectivity index (χ0n) is 15.5. The molecule has 1 rings (SSSR count). The van der Waals surface area contributed by atoms with Crippen molar-refractivity contribution in [2.45, 2.75) is 52.7 Å². The number of quaternary nitrogens is 1. The number of rotatable bonds is 6. The molecule has 6 nitrogen and oxygen atoms in total. The van der Waals surface area contributed by atoms with Gasteiger partial charge in [0.2, 0.25) is 0 Å². The molecule has 24 heavy (non-hydrogen) atoms. The van der Waals surface area contributed by atoms with E-state index >= 15 is 0 Å². The molecule has 6 heteroatoms. The second-order valence-electron chi connectivity index (χ2n) is 7.02. The number of imide groups is 1. The quantitative estimate of drug-likeness (QED) is 0.729. The largest absolute Gasteiger partial charge is 0.494 e. The van der Waals surface area contributed by atoms with Gasteiger partial charge in [0.25, 0.3) is 5.91 Å². The molecular formula is C18H30N3O3+. The molecule has 0 saturated carbocycles. The predicted octanol–water partition coefficient (Wildman–Crippen LogP) is 1.11. The molecule has 2 atom stereocenters. The number of hydrogen-bond donors (Lipinski definition) is 3. The average molecular weight is 336 g/mol. The molecule has 134 valence electrons. The zero-order valence-corrected chi connectivity index (χ0v) is 15.5. The van der Waals surface area contributed by atoms with Crippen molar-refractivity contribution in [2.75, 3.05) is 13.7 Å². The molecule has 0 saturated heterocycles. The first-order valence-electron chi connectivity index (χ1n) is 8.29. The van der Waals surface area contributed by atoms with Crippen LogP contribution in [0.2, 0.25) is 0 Å². The first-order chi connectivity index (χ1) is 11.1. The molecule has 1 aromatic carbocycles. The van der Waals surface area contributed by atoms with E-state index in [0.29, 0.717) is 13.2 Å². The third-order valence-corrected chi connectivity index (χ3v) is 3.58. The van der Waals surface area contributed by atoms with E-state index in [4.69, 9.17) is 4.74 Å². The first-order valence-corrected chi connectivity index (χ1v) is 8.29. The first kappa shape index (κ1) is 20.0. The number of nitrogens with one attached hydrogen (secondary N) is 3. The summed E-state index contributed by atoms with van der Waals surface area (Å²) in [5.74, 6) is 0.545. The van der Waals surface area contributed by atoms with E-state index in [0.717, 1.165) is 16.2 Å². The lowest BCUT2D eigenvalue weighted by Gasteiger charge is -2.23. The predicted molar refractivity (Wildman–Crippen MR) is 94.1 cm³/mol. The SMILES string of the molecule is CCOc1ccc(C[NH+](C)[C@H](C)C(=O)NC(=O)NC(C)(C)C)cc1. The Labute approximate surface area is 144 Å². The minimum atomic E-state index is -0.465. The van der Waals surface area contributed by atoms with E-state index in [1.165, 1.54) is 0 Å². The van der Waals surface area contributed by atoms with Crippen molar-refractivity contribution in [2.24, 2.45) is 0 Å². The van der Waals surface area contributed by atoms with Crippen LogP contribution in [-0.2, 0) is 11.3 Å². The summed E-state index contributed by atoms with van der Waals surface area (Å²) < 4.78 is 5.42. The van der Waals surface area contributed by atoms with Gasteiger partial charge in [-0.1, -0.05) is 0 Å². The van der Waals surface area contributed by atoms with Crippen molar-refractivity contribution in [3.8, 4) is 5.75 Å². The maximum atomic E-state index is 12.2. The van der Waals surface area contributed by atoms with Gasteiger partial charge in [-0.05, 0) is 58.9 Å². The van der Waals surface area contributed by atoms with Crippen LogP contribution in [0.4, 0.5) is 4.79 Å². The lowest BCUT2D eigenvalue weighted by Crippen LogP contribution is -3.12. The number of carbonyl (C=O) groups excluding carboxylic acids is 2. The van der Waals surface area contributed by atoms with Crippen LogP contribution >= 0.6 is 0 Å². The third kappa shape index (κ3) is 7.00. The number of carbonyl (C=O) groups is 2. The van der Waals surface area contributed by atoms with Gasteiger partial charge in [-0.25, -0.2) is 4.79 Å². The van der Waals surface area contributed by atoms with Crippen LogP contribution in [-0.4, -0.2) is 37.2 Å². The fourth-order valence-electron chi connectivity index (χ4n) is 2.16. The Morgan fingerprint density at radius 2 is 1.79 bits per heavy atom. The van der Waals surface area contributed by atoms with Gasteiger partial charge >= 0.3 is 6.03 Å². The molecule has 0 aromatic heterocycles. The van der Waals surface area contributed by atoms with Gasteiger partial charge < -0.3 is 15.0 Å². The third-order valence-electron chi connectivity index (χ3n) is 3.58. The summed E-state index contributed by atoms with van der Waals surface area (Å²) in [6, 6.07) is 7.02. The Morgan fingerprint density at radius 1 is 1.21 bits per heavy atom. The van der Waals surface area contributed by atoms with Gasteiger partial charge in [0, 0.05) is 11.1 Å². The normalized spacial score (nSPS) is 13.8. The van der Waals surface area contributed by atoms with Crippen molar-refractivity contribution in [3.63, 3.8) is 0 Å². The van der Waals surface area contributed by atoms with E-state index in [-0.39, 0.29) is 17.5 Å². The van der Waals surface area contributed by atoms with Gasteiger partial charge in [0.15, 0.2) is 6.04 Å².